The minimum absolute atomic E-state index is 0.172. The van der Waals surface area contributed by atoms with Crippen molar-refractivity contribution in [2.24, 2.45) is 10.2 Å². The summed E-state index contributed by atoms with van der Waals surface area (Å²) in [6.45, 7) is 0.697. The molecule has 0 aliphatic rings. The Balaban J connectivity index is 0.759. The van der Waals surface area contributed by atoms with Gasteiger partial charge < -0.3 is 41.9 Å². The summed E-state index contributed by atoms with van der Waals surface area (Å²) in [5.74, 6) is -0.530. The summed E-state index contributed by atoms with van der Waals surface area (Å²) in [6, 6.07) is 26.8. The van der Waals surface area contributed by atoms with E-state index in [-0.39, 0.29) is 48.1 Å². The first-order valence-corrected chi connectivity index (χ1v) is 19.0. The lowest BCUT2D eigenvalue weighted by atomic mass is 10.2. The number of nitrogens with one attached hydrogen (secondary N) is 4. The maximum absolute atomic E-state index is 12.9. The van der Waals surface area contributed by atoms with Crippen LogP contribution in [-0.4, -0.2) is 62.7 Å². The summed E-state index contributed by atoms with van der Waals surface area (Å²) < 4.78 is 3.47. The van der Waals surface area contributed by atoms with Gasteiger partial charge in [-0.15, -0.1) is 0 Å². The van der Waals surface area contributed by atoms with Gasteiger partial charge in [-0.3, -0.25) is 19.2 Å². The second kappa shape index (κ2) is 17.9. The Morgan fingerprint density at radius 1 is 0.468 bits per heavy atom. The number of amides is 4. The van der Waals surface area contributed by atoms with E-state index < -0.39 is 0 Å². The van der Waals surface area contributed by atoms with Crippen LogP contribution in [0.3, 0.4) is 0 Å². The van der Waals surface area contributed by atoms with Gasteiger partial charge >= 0.3 is 0 Å². The number of aromatic nitrogens is 8. The molecule has 0 saturated heterocycles. The van der Waals surface area contributed by atoms with Crippen LogP contribution in [0.15, 0.2) is 133 Å². The minimum Gasteiger partial charge on any atom is -0.382 e. The highest BCUT2D eigenvalue weighted by Crippen LogP contribution is 2.23. The maximum atomic E-state index is 12.9. The van der Waals surface area contributed by atoms with E-state index in [1.807, 2.05) is 0 Å². The second-order valence-electron chi connectivity index (χ2n) is 13.7. The third-order valence-electron chi connectivity index (χ3n) is 9.41. The van der Waals surface area contributed by atoms with Gasteiger partial charge in [0.05, 0.1) is 24.0 Å². The number of fused-ring (bicyclic) bond motifs is 2. The number of hydrogen-bond acceptors (Lipinski definition) is 14. The summed E-state index contributed by atoms with van der Waals surface area (Å²) >= 11 is 0. The molecule has 8 N–H and O–H groups in total. The average molecular weight is 829 g/mol. The summed E-state index contributed by atoms with van der Waals surface area (Å²) in [5, 5.41) is 19.9. The zero-order valence-corrected chi connectivity index (χ0v) is 32.6. The lowest BCUT2D eigenvalue weighted by molar-refractivity contribution is -0.117. The molecule has 0 saturated carbocycles. The molecule has 4 amide bonds. The molecular formula is C42H36N16O4. The fourth-order valence-electron chi connectivity index (χ4n) is 6.17. The Kier molecular flexibility index (Phi) is 11.5. The van der Waals surface area contributed by atoms with E-state index in [0.717, 1.165) is 0 Å². The Morgan fingerprint density at radius 3 is 1.21 bits per heavy atom. The van der Waals surface area contributed by atoms with E-state index in [1.165, 1.54) is 12.7 Å². The summed E-state index contributed by atoms with van der Waals surface area (Å²) in [5.41, 5.74) is 17.9. The summed E-state index contributed by atoms with van der Waals surface area (Å²) in [7, 11) is 0. The van der Waals surface area contributed by atoms with Crippen molar-refractivity contribution in [1.29, 1.82) is 0 Å². The van der Waals surface area contributed by atoms with Gasteiger partial charge in [0.2, 0.25) is 11.8 Å². The highest BCUT2D eigenvalue weighted by atomic mass is 16.2. The molecule has 4 aromatic carbocycles. The summed E-state index contributed by atoms with van der Waals surface area (Å²) in [4.78, 5) is 75.6. The van der Waals surface area contributed by atoms with E-state index in [0.29, 0.717) is 80.7 Å². The molecule has 20 heteroatoms. The zero-order valence-electron chi connectivity index (χ0n) is 32.6. The van der Waals surface area contributed by atoms with Gasteiger partial charge in [-0.05, 0) is 97.1 Å². The van der Waals surface area contributed by atoms with Crippen LogP contribution in [-0.2, 0) is 22.7 Å². The molecule has 20 nitrogen and oxygen atoms in total. The Labute approximate surface area is 351 Å². The van der Waals surface area contributed by atoms with E-state index in [1.54, 1.807) is 119 Å². The number of imidazole rings is 2. The van der Waals surface area contributed by atoms with Crippen molar-refractivity contribution in [1.82, 2.24) is 39.0 Å². The number of nitrogens with zero attached hydrogens (tertiary/aromatic N) is 10. The number of carbonyl (C=O) groups is 4. The van der Waals surface area contributed by atoms with Crippen LogP contribution >= 0.6 is 0 Å². The maximum Gasteiger partial charge on any atom is 0.255 e. The van der Waals surface area contributed by atoms with Crippen LogP contribution in [0.1, 0.15) is 33.6 Å². The smallest absolute Gasteiger partial charge is 0.255 e. The van der Waals surface area contributed by atoms with E-state index >= 15 is 0 Å². The van der Waals surface area contributed by atoms with E-state index in [9.17, 15) is 19.2 Å². The van der Waals surface area contributed by atoms with Crippen molar-refractivity contribution in [3.05, 3.63) is 133 Å². The normalized spacial score (nSPS) is 11.2. The van der Waals surface area contributed by atoms with Gasteiger partial charge in [0.1, 0.15) is 23.7 Å². The standard InChI is InChI=1S/C42H36N16O4/c43-37-35-39(47-21-45-37)57(23-49-35)19-17-33(59)51-27-5-1-25(2-6-27)41(61)53-29-9-13-31(14-10-29)55-56-32-15-11-30(12-16-32)54-42(62)26-3-7-28(8-4-26)52-34(60)18-20-58-24-50-36-38(44)46-22-48-40(36)58/h1-16,21-24H,17-20H2,(H,51,59)(H,52,60)(H,53,61)(H,54,62)(H2,43,45,47)(H2,44,46,48)/b56-55+. The molecule has 62 heavy (non-hydrogen) atoms. The van der Waals surface area contributed by atoms with Crippen molar-refractivity contribution in [3.8, 4) is 0 Å². The fourth-order valence-corrected chi connectivity index (χ4v) is 6.17. The third-order valence-corrected chi connectivity index (χ3v) is 9.41. The molecule has 0 aliphatic heterocycles. The van der Waals surface area contributed by atoms with E-state index in [4.69, 9.17) is 11.5 Å². The van der Waals surface area contributed by atoms with Crippen LogP contribution in [0.25, 0.3) is 22.3 Å². The molecule has 308 valence electrons. The van der Waals surface area contributed by atoms with Crippen LogP contribution in [0.4, 0.5) is 45.8 Å². The van der Waals surface area contributed by atoms with Crippen LogP contribution in [0.2, 0.25) is 0 Å². The second-order valence-corrected chi connectivity index (χ2v) is 13.7. The molecule has 0 bridgehead atoms. The summed E-state index contributed by atoms with van der Waals surface area (Å²) in [6.07, 6.45) is 6.18. The Morgan fingerprint density at radius 2 is 0.823 bits per heavy atom. The van der Waals surface area contributed by atoms with Gasteiger partial charge in [-0.1, -0.05) is 0 Å². The number of nitrogen functional groups attached to an aromatic ring is 2. The van der Waals surface area contributed by atoms with Crippen molar-refractivity contribution in [2.45, 2.75) is 25.9 Å². The molecule has 8 rings (SSSR count). The third kappa shape index (κ3) is 9.50. The topological polar surface area (TPSA) is 280 Å². The van der Waals surface area contributed by atoms with Crippen LogP contribution in [0.5, 0.6) is 0 Å². The number of hydrogen-bond donors (Lipinski definition) is 6. The molecular weight excluding hydrogens is 793 g/mol. The molecule has 0 radical (unpaired) electrons. The molecule has 0 spiro atoms. The largest absolute Gasteiger partial charge is 0.382 e. The molecule has 0 fully saturated rings. The number of azo groups is 1. The van der Waals surface area contributed by atoms with Gasteiger partial charge in [0, 0.05) is 59.8 Å². The number of benzene rings is 4. The van der Waals surface area contributed by atoms with Crippen LogP contribution in [0, 0.1) is 0 Å². The molecule has 4 aromatic heterocycles. The number of aryl methyl sites for hydroxylation is 2. The fraction of sp³-hybridized carbons (Fsp3) is 0.0952. The highest BCUT2D eigenvalue weighted by Gasteiger charge is 2.13. The number of anilines is 6. The lowest BCUT2D eigenvalue weighted by Crippen LogP contribution is -2.15. The van der Waals surface area contributed by atoms with Crippen LogP contribution < -0.4 is 32.7 Å². The zero-order chi connectivity index (χ0) is 43.0. The number of carbonyl (C=O) groups excluding carboxylic acids is 4. The van der Waals surface area contributed by atoms with Crippen molar-refractivity contribution < 1.29 is 19.2 Å². The minimum atomic E-state index is -0.325. The Bertz CT molecular complexity index is 2750. The number of rotatable bonds is 14. The van der Waals surface area contributed by atoms with E-state index in [2.05, 4.69) is 61.4 Å². The first-order chi connectivity index (χ1) is 30.1. The molecule has 8 aromatic rings. The van der Waals surface area contributed by atoms with Gasteiger partial charge in [-0.25, -0.2) is 29.9 Å². The highest BCUT2D eigenvalue weighted by molar-refractivity contribution is 6.05. The van der Waals surface area contributed by atoms with Crippen molar-refractivity contribution in [3.63, 3.8) is 0 Å². The molecule has 0 unspecified atom stereocenters. The Hall–Kier alpha value is -8.94. The predicted molar refractivity (Wildman–Crippen MR) is 232 cm³/mol. The van der Waals surface area contributed by atoms with Gasteiger partial charge in [0.25, 0.3) is 11.8 Å². The van der Waals surface area contributed by atoms with Crippen molar-refractivity contribution in [2.75, 3.05) is 32.7 Å². The average Bonchev–Trinajstić information content (AvgIpc) is 3.91. The predicted octanol–water partition coefficient (Wildman–Crippen LogP) is 6.11. The molecule has 0 atom stereocenters. The van der Waals surface area contributed by atoms with Gasteiger partial charge in [0.15, 0.2) is 22.9 Å². The first kappa shape index (κ1) is 39.9. The van der Waals surface area contributed by atoms with Gasteiger partial charge in [-0.2, -0.15) is 10.2 Å². The quantitative estimate of drug-likeness (QED) is 0.0678. The molecule has 4 heterocycles. The monoisotopic (exact) mass is 828 g/mol. The SMILES string of the molecule is Nc1ncnc2c1ncn2CCC(=O)Nc1ccc(C(=O)Nc2ccc(/N=N/c3ccc(NC(=O)c4ccc(NC(=O)CCn5cnc6c(N)ncnc65)cc4)cc3)cc2)cc1. The number of nitrogens with two attached hydrogens (primary N) is 2. The van der Waals surface area contributed by atoms with Crippen molar-refractivity contribution >= 4 is 91.7 Å². The molecule has 0 aliphatic carbocycles. The first-order valence-electron chi connectivity index (χ1n) is 19.0. The lowest BCUT2D eigenvalue weighted by Gasteiger charge is -2.09.